The average molecular weight is 603 g/mol. The van der Waals surface area contributed by atoms with E-state index in [0.29, 0.717) is 0 Å². The number of hydrogen-bond acceptors (Lipinski definition) is 3. The van der Waals surface area contributed by atoms with Crippen LogP contribution >= 0.6 is 0 Å². The van der Waals surface area contributed by atoms with Gasteiger partial charge < -0.3 is 15.1 Å². The molecule has 0 saturated carbocycles. The van der Waals surface area contributed by atoms with Crippen molar-refractivity contribution in [2.75, 3.05) is 10.6 Å². The first-order valence-electron chi connectivity index (χ1n) is 16.3. The van der Waals surface area contributed by atoms with Gasteiger partial charge in [0.25, 0.3) is 0 Å². The van der Waals surface area contributed by atoms with E-state index in [4.69, 9.17) is 4.42 Å². The lowest BCUT2D eigenvalue weighted by Gasteiger charge is -2.30. The first kappa shape index (κ1) is 26.2. The Morgan fingerprint density at radius 3 is 1.85 bits per heavy atom. The molecule has 0 amide bonds. The molecule has 6 aromatic carbocycles. The van der Waals surface area contributed by atoms with Crippen molar-refractivity contribution in [1.82, 2.24) is 0 Å². The van der Waals surface area contributed by atoms with Gasteiger partial charge in [-0.15, -0.1) is 0 Å². The highest BCUT2D eigenvalue weighted by Gasteiger charge is 2.51. The van der Waals surface area contributed by atoms with Crippen LogP contribution < -0.4 is 21.3 Å². The van der Waals surface area contributed by atoms with Gasteiger partial charge in [-0.1, -0.05) is 121 Å². The lowest BCUT2D eigenvalue weighted by atomic mass is 9.70. The van der Waals surface area contributed by atoms with Gasteiger partial charge in [-0.3, -0.25) is 0 Å². The number of furan rings is 1. The summed E-state index contributed by atoms with van der Waals surface area (Å²) in [5, 5.41) is 9.90. The van der Waals surface area contributed by atoms with E-state index in [0.717, 1.165) is 50.8 Å². The summed E-state index contributed by atoms with van der Waals surface area (Å²) >= 11 is 0. The van der Waals surface area contributed by atoms with E-state index < -0.39 is 0 Å². The molecular formula is C44H30N2O. The third-order valence-corrected chi connectivity index (χ3v) is 10.1. The summed E-state index contributed by atoms with van der Waals surface area (Å²) in [5.41, 5.74) is 16.1. The van der Waals surface area contributed by atoms with Gasteiger partial charge in [0.05, 0.1) is 27.7 Å². The number of nitrogens with one attached hydrogen (secondary N) is 2. The van der Waals surface area contributed by atoms with Crippen molar-refractivity contribution in [2.24, 2.45) is 0 Å². The molecule has 1 heterocycles. The Labute approximate surface area is 272 Å². The second kappa shape index (κ2) is 9.97. The molecule has 0 aliphatic heterocycles. The molecule has 47 heavy (non-hydrogen) atoms. The Balaban J connectivity index is 1.15. The van der Waals surface area contributed by atoms with E-state index in [1.165, 1.54) is 44.5 Å². The Morgan fingerprint density at radius 2 is 1.09 bits per heavy atom. The van der Waals surface area contributed by atoms with Gasteiger partial charge >= 0.3 is 0 Å². The zero-order valence-electron chi connectivity index (χ0n) is 25.6. The van der Waals surface area contributed by atoms with Gasteiger partial charge in [0.1, 0.15) is 11.0 Å². The third-order valence-electron chi connectivity index (χ3n) is 10.1. The molecule has 3 nitrogen and oxygen atoms in total. The van der Waals surface area contributed by atoms with Crippen molar-refractivity contribution in [2.45, 2.75) is 11.8 Å². The summed E-state index contributed by atoms with van der Waals surface area (Å²) in [7, 11) is 0. The van der Waals surface area contributed by atoms with Crippen molar-refractivity contribution in [3.8, 4) is 22.3 Å². The van der Waals surface area contributed by atoms with Crippen molar-refractivity contribution in [3.63, 3.8) is 0 Å². The maximum absolute atomic E-state index is 6.27. The van der Waals surface area contributed by atoms with Crippen LogP contribution in [0.2, 0.25) is 0 Å². The molecule has 0 unspecified atom stereocenters. The van der Waals surface area contributed by atoms with E-state index in [1.807, 2.05) is 12.1 Å². The molecule has 0 bridgehead atoms. The fourth-order valence-corrected chi connectivity index (χ4v) is 8.27. The summed E-state index contributed by atoms with van der Waals surface area (Å²) in [6.45, 7) is 0. The molecular weight excluding hydrogens is 572 g/mol. The Hall–Kier alpha value is -6.06. The zero-order chi connectivity index (χ0) is 31.0. The largest absolute Gasteiger partial charge is 0.456 e. The zero-order valence-corrected chi connectivity index (χ0v) is 25.6. The molecule has 0 fully saturated rings. The van der Waals surface area contributed by atoms with E-state index >= 15 is 0 Å². The first-order chi connectivity index (χ1) is 23.3. The van der Waals surface area contributed by atoms with Crippen LogP contribution in [0.4, 0.5) is 17.1 Å². The molecule has 3 aliphatic rings. The number of fused-ring (bicyclic) bond motifs is 13. The molecule has 7 aromatic rings. The minimum absolute atomic E-state index is 0.370. The number of allylic oxidation sites excluding steroid dienone is 1. The van der Waals surface area contributed by atoms with Crippen LogP contribution in [0.1, 0.15) is 28.7 Å². The first-order valence-corrected chi connectivity index (χ1v) is 16.3. The summed E-state index contributed by atoms with van der Waals surface area (Å²) in [4.78, 5) is 0. The van der Waals surface area contributed by atoms with Crippen molar-refractivity contribution < 1.29 is 4.42 Å². The minimum atomic E-state index is -0.370. The lowest BCUT2D eigenvalue weighted by Crippen LogP contribution is -2.25. The molecule has 10 rings (SSSR count). The van der Waals surface area contributed by atoms with Gasteiger partial charge in [-0.2, -0.15) is 0 Å². The van der Waals surface area contributed by atoms with E-state index in [9.17, 15) is 0 Å². The summed E-state index contributed by atoms with van der Waals surface area (Å²) in [5.74, 6) is 0. The van der Waals surface area contributed by atoms with Crippen LogP contribution in [-0.2, 0) is 5.41 Å². The molecule has 222 valence electrons. The van der Waals surface area contributed by atoms with Crippen molar-refractivity contribution in [1.29, 1.82) is 0 Å². The van der Waals surface area contributed by atoms with E-state index in [-0.39, 0.29) is 5.41 Å². The van der Waals surface area contributed by atoms with Crippen LogP contribution in [-0.4, -0.2) is 0 Å². The van der Waals surface area contributed by atoms with Gasteiger partial charge in [-0.05, 0) is 81.8 Å². The Bertz CT molecular complexity index is 2520. The predicted molar refractivity (Wildman–Crippen MR) is 193 cm³/mol. The summed E-state index contributed by atoms with van der Waals surface area (Å²) < 4.78 is 6.27. The van der Waals surface area contributed by atoms with Gasteiger partial charge in [0, 0.05) is 16.6 Å². The number of para-hydroxylation sites is 3. The average Bonchev–Trinajstić information content (AvgIpc) is 3.69. The highest BCUT2D eigenvalue weighted by molar-refractivity contribution is 6.00. The highest BCUT2D eigenvalue weighted by atomic mass is 16.3. The van der Waals surface area contributed by atoms with Crippen LogP contribution in [0.15, 0.2) is 156 Å². The minimum Gasteiger partial charge on any atom is -0.456 e. The topological polar surface area (TPSA) is 37.2 Å². The maximum atomic E-state index is 6.27. The Kier molecular flexibility index (Phi) is 5.55. The summed E-state index contributed by atoms with van der Waals surface area (Å²) in [6, 6.07) is 50.3. The lowest BCUT2D eigenvalue weighted by molar-refractivity contribution is 0.574. The molecule has 2 N–H and O–H groups in total. The smallest absolute Gasteiger partial charge is 0.135 e. The standard InChI is InChI=1S/C44H30N2O/c1-5-18-32-28(14-1)29-15-2-6-19-33(29)44(32)34-20-7-3-16-30(34)42-35(44)21-13-25-38(42)45-36-22-8-9-23-37(36)46-39-24-10-12-27-41-43(39)31-17-4-11-26-40(31)47-41/h1-11,13-27,45-46H,12H2. The molecule has 3 aliphatic carbocycles. The third kappa shape index (κ3) is 3.62. The summed E-state index contributed by atoms with van der Waals surface area (Å²) in [6.07, 6.45) is 7.34. The molecule has 0 saturated heterocycles. The van der Waals surface area contributed by atoms with Gasteiger partial charge in [0.2, 0.25) is 0 Å². The quantitative estimate of drug-likeness (QED) is 0.211. The molecule has 0 atom stereocenters. The second-order valence-electron chi connectivity index (χ2n) is 12.5. The van der Waals surface area contributed by atoms with Crippen molar-refractivity contribution >= 4 is 39.8 Å². The number of rotatable bonds is 4. The van der Waals surface area contributed by atoms with Gasteiger partial charge in [0.15, 0.2) is 0 Å². The van der Waals surface area contributed by atoms with E-state index in [1.54, 1.807) is 0 Å². The molecule has 1 aromatic heterocycles. The fraction of sp³-hybridized carbons (Fsp3) is 0.0455. The number of benzene rings is 6. The molecule has 1 spiro atoms. The SMILES string of the molecule is C1=CC(Nc2ccccc2Nc2cccc3c2-c2ccccc2C32c3ccccc3-c3ccccc32)=c2c(oc3ccccc23)=CC1. The highest BCUT2D eigenvalue weighted by Crippen LogP contribution is 2.63. The maximum Gasteiger partial charge on any atom is 0.135 e. The van der Waals surface area contributed by atoms with Crippen LogP contribution in [0.25, 0.3) is 45.0 Å². The van der Waals surface area contributed by atoms with Crippen molar-refractivity contribution in [3.05, 3.63) is 185 Å². The van der Waals surface area contributed by atoms with Crippen LogP contribution in [0.3, 0.4) is 0 Å². The molecule has 0 radical (unpaired) electrons. The number of anilines is 3. The number of hydrogen-bond donors (Lipinski definition) is 2. The predicted octanol–water partition coefficient (Wildman–Crippen LogP) is 9.48. The second-order valence-corrected chi connectivity index (χ2v) is 12.5. The van der Waals surface area contributed by atoms with Crippen LogP contribution in [0, 0.1) is 0 Å². The van der Waals surface area contributed by atoms with E-state index in [2.05, 4.69) is 156 Å². The molecule has 3 heteroatoms. The fourth-order valence-electron chi connectivity index (χ4n) is 8.27. The monoisotopic (exact) mass is 602 g/mol. The van der Waals surface area contributed by atoms with Gasteiger partial charge in [-0.25, -0.2) is 0 Å². The Morgan fingerprint density at radius 1 is 0.511 bits per heavy atom. The normalized spacial score (nSPS) is 14.5. The van der Waals surface area contributed by atoms with Crippen LogP contribution in [0.5, 0.6) is 0 Å².